The average molecular weight is 514 g/mol. The van der Waals surface area contributed by atoms with Gasteiger partial charge in [0.1, 0.15) is 24.2 Å². The van der Waals surface area contributed by atoms with E-state index in [1.165, 1.54) is 54.5 Å². The van der Waals surface area contributed by atoms with E-state index in [2.05, 4.69) is 5.32 Å². The van der Waals surface area contributed by atoms with Gasteiger partial charge in [-0.05, 0) is 49.2 Å². The maximum Gasteiger partial charge on any atom is 0.244 e. The molecule has 2 amide bonds. The number of rotatable bonds is 11. The quantitative estimate of drug-likeness (QED) is 0.498. The van der Waals surface area contributed by atoms with Crippen molar-refractivity contribution < 1.29 is 27.1 Å². The number of amides is 2. The standard InChI is InChI=1S/C23H29ClFN3O5S/c1-5-19(23(30)26-6-2)27(14-16-7-10-18(25)11-8-16)22(29)15-28(34(4,31)32)20-13-17(24)9-12-21(20)33-3/h7-13,19H,5-6,14-15H2,1-4H3,(H,26,30)/t19-/m0/s1. The number of ether oxygens (including phenoxy) is 1. The van der Waals surface area contributed by atoms with E-state index < -0.39 is 34.3 Å². The summed E-state index contributed by atoms with van der Waals surface area (Å²) in [6.45, 7) is 3.27. The van der Waals surface area contributed by atoms with Gasteiger partial charge in [-0.25, -0.2) is 12.8 Å². The van der Waals surface area contributed by atoms with Crippen LogP contribution in [0.25, 0.3) is 0 Å². The first kappa shape index (κ1) is 27.4. The van der Waals surface area contributed by atoms with Crippen LogP contribution in [0.1, 0.15) is 25.8 Å². The number of halogens is 2. The SMILES string of the molecule is CCNC(=O)[C@H](CC)N(Cc1ccc(F)cc1)C(=O)CN(c1cc(Cl)ccc1OC)S(C)(=O)=O. The normalized spacial score (nSPS) is 12.1. The van der Waals surface area contributed by atoms with E-state index in [1.807, 2.05) is 0 Å². The van der Waals surface area contributed by atoms with E-state index >= 15 is 0 Å². The van der Waals surface area contributed by atoms with Crippen molar-refractivity contribution in [1.82, 2.24) is 10.2 Å². The molecule has 34 heavy (non-hydrogen) atoms. The second-order valence-corrected chi connectivity index (χ2v) is 9.90. The van der Waals surface area contributed by atoms with Crippen LogP contribution in [0.5, 0.6) is 5.75 Å². The molecule has 8 nitrogen and oxygen atoms in total. The fourth-order valence-electron chi connectivity index (χ4n) is 3.45. The molecule has 0 radical (unpaired) electrons. The number of hydrogen-bond acceptors (Lipinski definition) is 5. The molecule has 2 aromatic carbocycles. The first-order chi connectivity index (χ1) is 16.0. The lowest BCUT2D eigenvalue weighted by atomic mass is 10.1. The van der Waals surface area contributed by atoms with Gasteiger partial charge in [0.25, 0.3) is 0 Å². The molecule has 0 aliphatic heterocycles. The van der Waals surface area contributed by atoms with Crippen molar-refractivity contribution >= 4 is 39.1 Å². The van der Waals surface area contributed by atoms with Crippen molar-refractivity contribution in [3.63, 3.8) is 0 Å². The van der Waals surface area contributed by atoms with E-state index in [1.54, 1.807) is 13.8 Å². The third-order valence-electron chi connectivity index (χ3n) is 5.09. The Morgan fingerprint density at radius 3 is 2.32 bits per heavy atom. The van der Waals surface area contributed by atoms with Crippen molar-refractivity contribution in [2.24, 2.45) is 0 Å². The van der Waals surface area contributed by atoms with Gasteiger partial charge in [0, 0.05) is 18.1 Å². The lowest BCUT2D eigenvalue weighted by Crippen LogP contribution is -2.52. The Labute approximate surface area is 204 Å². The van der Waals surface area contributed by atoms with Gasteiger partial charge in [-0.15, -0.1) is 0 Å². The number of carbonyl (C=O) groups excluding carboxylic acids is 2. The Hall–Kier alpha value is -2.85. The van der Waals surface area contributed by atoms with Gasteiger partial charge in [-0.2, -0.15) is 0 Å². The van der Waals surface area contributed by atoms with Crippen LogP contribution in [0, 0.1) is 5.82 Å². The van der Waals surface area contributed by atoms with E-state index in [4.69, 9.17) is 16.3 Å². The van der Waals surface area contributed by atoms with E-state index in [0.717, 1.165) is 10.6 Å². The van der Waals surface area contributed by atoms with Crippen LogP contribution < -0.4 is 14.4 Å². The summed E-state index contributed by atoms with van der Waals surface area (Å²) < 4.78 is 44.9. The van der Waals surface area contributed by atoms with Crippen molar-refractivity contribution in [3.8, 4) is 5.75 Å². The lowest BCUT2D eigenvalue weighted by molar-refractivity contribution is -0.140. The number of anilines is 1. The topological polar surface area (TPSA) is 96.0 Å². The molecule has 0 bridgehead atoms. The average Bonchev–Trinajstić information content (AvgIpc) is 2.78. The highest BCUT2D eigenvalue weighted by Crippen LogP contribution is 2.33. The Kier molecular flexibility index (Phi) is 9.69. The molecular weight excluding hydrogens is 485 g/mol. The molecule has 1 N–H and O–H groups in total. The van der Waals surface area contributed by atoms with Gasteiger partial charge < -0.3 is 15.0 Å². The molecule has 2 aromatic rings. The summed E-state index contributed by atoms with van der Waals surface area (Å²) in [7, 11) is -2.57. The molecule has 1 atom stereocenters. The Bertz CT molecular complexity index is 1110. The first-order valence-corrected chi connectivity index (χ1v) is 12.9. The zero-order valence-corrected chi connectivity index (χ0v) is 21.1. The fourth-order valence-corrected chi connectivity index (χ4v) is 4.46. The summed E-state index contributed by atoms with van der Waals surface area (Å²) in [4.78, 5) is 27.6. The molecule has 0 saturated carbocycles. The maximum atomic E-state index is 13.5. The zero-order valence-electron chi connectivity index (χ0n) is 19.5. The third kappa shape index (κ3) is 7.07. The van der Waals surface area contributed by atoms with Gasteiger partial charge in [0.15, 0.2) is 0 Å². The van der Waals surface area contributed by atoms with Gasteiger partial charge in [-0.1, -0.05) is 30.7 Å². The largest absolute Gasteiger partial charge is 0.495 e. The molecule has 0 aliphatic rings. The summed E-state index contributed by atoms with van der Waals surface area (Å²) in [5.41, 5.74) is 0.683. The molecule has 0 spiro atoms. The van der Waals surface area contributed by atoms with Crippen LogP contribution in [0.2, 0.25) is 5.02 Å². The fraction of sp³-hybridized carbons (Fsp3) is 0.391. The summed E-state index contributed by atoms with van der Waals surface area (Å²) in [5.74, 6) is -1.21. The number of benzene rings is 2. The molecule has 0 aliphatic carbocycles. The van der Waals surface area contributed by atoms with Crippen LogP contribution in [-0.4, -0.2) is 57.6 Å². The number of carbonyl (C=O) groups is 2. The van der Waals surface area contributed by atoms with Crippen molar-refractivity contribution in [2.75, 3.05) is 30.8 Å². The van der Waals surface area contributed by atoms with Crippen LogP contribution in [-0.2, 0) is 26.2 Å². The van der Waals surface area contributed by atoms with Gasteiger partial charge in [-0.3, -0.25) is 13.9 Å². The number of likely N-dealkylation sites (N-methyl/N-ethyl adjacent to an activating group) is 1. The van der Waals surface area contributed by atoms with Gasteiger partial charge >= 0.3 is 0 Å². The maximum absolute atomic E-state index is 13.5. The highest BCUT2D eigenvalue weighted by atomic mass is 35.5. The Balaban J connectivity index is 2.49. The van der Waals surface area contributed by atoms with Gasteiger partial charge in [0.2, 0.25) is 21.8 Å². The van der Waals surface area contributed by atoms with Crippen molar-refractivity contribution in [3.05, 3.63) is 58.9 Å². The number of hydrogen-bond donors (Lipinski definition) is 1. The summed E-state index contributed by atoms with van der Waals surface area (Å²) in [6.07, 6.45) is 1.25. The van der Waals surface area contributed by atoms with Crippen LogP contribution in [0.3, 0.4) is 0 Å². The lowest BCUT2D eigenvalue weighted by Gasteiger charge is -2.33. The highest BCUT2D eigenvalue weighted by molar-refractivity contribution is 7.92. The number of sulfonamides is 1. The highest BCUT2D eigenvalue weighted by Gasteiger charge is 2.32. The number of methoxy groups -OCH3 is 1. The molecule has 186 valence electrons. The number of nitrogens with one attached hydrogen (secondary N) is 1. The third-order valence-corrected chi connectivity index (χ3v) is 6.45. The minimum atomic E-state index is -3.94. The second kappa shape index (κ2) is 12.0. The monoisotopic (exact) mass is 513 g/mol. The van der Waals surface area contributed by atoms with Gasteiger partial charge in [0.05, 0.1) is 19.1 Å². The molecule has 11 heteroatoms. The molecule has 0 fully saturated rings. The van der Waals surface area contributed by atoms with E-state index in [9.17, 15) is 22.4 Å². The Morgan fingerprint density at radius 2 is 1.79 bits per heavy atom. The summed E-state index contributed by atoms with van der Waals surface area (Å²) in [5, 5.41) is 2.96. The minimum Gasteiger partial charge on any atom is -0.495 e. The molecule has 0 unspecified atom stereocenters. The van der Waals surface area contributed by atoms with Crippen LogP contribution in [0.15, 0.2) is 42.5 Å². The summed E-state index contributed by atoms with van der Waals surface area (Å²) >= 11 is 6.08. The van der Waals surface area contributed by atoms with E-state index in [0.29, 0.717) is 12.1 Å². The van der Waals surface area contributed by atoms with Crippen molar-refractivity contribution in [1.29, 1.82) is 0 Å². The number of nitrogens with zero attached hydrogens (tertiary/aromatic N) is 2. The molecular formula is C23H29ClFN3O5S. The van der Waals surface area contributed by atoms with E-state index in [-0.39, 0.29) is 35.3 Å². The molecule has 2 rings (SSSR count). The predicted molar refractivity (Wildman–Crippen MR) is 130 cm³/mol. The predicted octanol–water partition coefficient (Wildman–Crippen LogP) is 3.20. The molecule has 0 heterocycles. The minimum absolute atomic E-state index is 0.0148. The molecule has 0 aromatic heterocycles. The first-order valence-electron chi connectivity index (χ1n) is 10.6. The second-order valence-electron chi connectivity index (χ2n) is 7.55. The van der Waals surface area contributed by atoms with Crippen LogP contribution in [0.4, 0.5) is 10.1 Å². The van der Waals surface area contributed by atoms with Crippen molar-refractivity contribution in [2.45, 2.75) is 32.9 Å². The Morgan fingerprint density at radius 1 is 1.15 bits per heavy atom. The smallest absolute Gasteiger partial charge is 0.244 e. The van der Waals surface area contributed by atoms with Crippen LogP contribution >= 0.6 is 11.6 Å². The summed E-state index contributed by atoms with van der Waals surface area (Å²) in [6, 6.07) is 9.09. The molecule has 0 saturated heterocycles. The zero-order chi connectivity index (χ0) is 25.5.